The van der Waals surface area contributed by atoms with Crippen LogP contribution in [0.4, 0.5) is 0 Å². The number of fused-ring (bicyclic) bond motifs is 5. The number of rotatable bonds is 10. The smallest absolute Gasteiger partial charge is 0.233 e. The van der Waals surface area contributed by atoms with E-state index in [9.17, 15) is 9.59 Å². The van der Waals surface area contributed by atoms with E-state index in [0.29, 0.717) is 13.1 Å². The monoisotopic (exact) mass is 517 g/mol. The topological polar surface area (TPSA) is 77.0 Å². The number of guanidine groups is 1. The second-order valence-corrected chi connectivity index (χ2v) is 7.99. The van der Waals surface area contributed by atoms with Gasteiger partial charge in [-0.2, -0.15) is 0 Å². The summed E-state index contributed by atoms with van der Waals surface area (Å²) in [5, 5.41) is 6.54. The second-order valence-electron chi connectivity index (χ2n) is 7.99. The molecule has 0 aromatic carbocycles. The minimum atomic E-state index is -0.106. The van der Waals surface area contributed by atoms with E-state index in [1.54, 1.807) is 7.05 Å². The zero-order chi connectivity index (χ0) is 20.1. The number of imide groups is 1. The van der Waals surface area contributed by atoms with Crippen LogP contribution >= 0.6 is 24.0 Å². The van der Waals surface area contributed by atoms with Crippen LogP contribution in [-0.4, -0.2) is 73.9 Å². The molecule has 1 aliphatic heterocycles. The van der Waals surface area contributed by atoms with Crippen LogP contribution < -0.4 is 10.6 Å². The molecular weight excluding hydrogens is 481 g/mol. The fourth-order valence-electron chi connectivity index (χ4n) is 4.90. The van der Waals surface area contributed by atoms with Gasteiger partial charge in [-0.05, 0) is 50.7 Å². The lowest BCUT2D eigenvalue weighted by Gasteiger charge is -2.19. The fraction of sp³-hybridized carbons (Fsp3) is 0.762. The molecule has 29 heavy (non-hydrogen) atoms. The van der Waals surface area contributed by atoms with Crippen molar-refractivity contribution in [2.75, 3.05) is 46.3 Å². The standard InChI is InChI=1S/C21H35N5O2.HI/c1-4-25(5-2)12-7-6-10-23-21(22-3)24-11-13-26-19(27)17-15-8-9-16(14-15)18(17)20(26)28;/h8-9,15-18H,4-7,10-14H2,1-3H3,(H2,22,23,24);1H. The predicted octanol–water partition coefficient (Wildman–Crippen LogP) is 1.70. The summed E-state index contributed by atoms with van der Waals surface area (Å²) in [6.07, 6.45) is 7.47. The van der Waals surface area contributed by atoms with Gasteiger partial charge in [0.05, 0.1) is 11.8 Å². The summed E-state index contributed by atoms with van der Waals surface area (Å²) in [4.78, 5) is 33.5. The Kier molecular flexibility index (Phi) is 9.39. The molecule has 4 atom stereocenters. The number of nitrogens with one attached hydrogen (secondary N) is 2. The van der Waals surface area contributed by atoms with Crippen molar-refractivity contribution in [1.82, 2.24) is 20.4 Å². The van der Waals surface area contributed by atoms with Crippen LogP contribution in [0, 0.1) is 23.7 Å². The van der Waals surface area contributed by atoms with E-state index in [1.807, 2.05) is 0 Å². The first-order valence-electron chi connectivity index (χ1n) is 10.8. The van der Waals surface area contributed by atoms with Crippen LogP contribution in [0.25, 0.3) is 0 Å². The van der Waals surface area contributed by atoms with E-state index in [1.165, 1.54) is 4.90 Å². The Hall–Kier alpha value is -1.16. The molecule has 8 heteroatoms. The SMILES string of the molecule is CCN(CC)CCCCNC(=NC)NCCN1C(=O)C2C3C=CC(C3)C2C1=O.I. The van der Waals surface area contributed by atoms with Crippen LogP contribution in [0.3, 0.4) is 0 Å². The van der Waals surface area contributed by atoms with Gasteiger partial charge in [0.25, 0.3) is 0 Å². The number of halogens is 1. The average molecular weight is 517 g/mol. The third-order valence-electron chi connectivity index (χ3n) is 6.50. The zero-order valence-electron chi connectivity index (χ0n) is 17.9. The number of amides is 2. The molecular formula is C21H36IN5O2. The quantitative estimate of drug-likeness (QED) is 0.115. The summed E-state index contributed by atoms with van der Waals surface area (Å²) in [5.74, 6) is 1.10. The number of hydrogen-bond acceptors (Lipinski definition) is 4. The molecule has 3 rings (SSSR count). The van der Waals surface area contributed by atoms with Crippen LogP contribution in [-0.2, 0) is 9.59 Å². The van der Waals surface area contributed by atoms with Gasteiger partial charge in [-0.15, -0.1) is 24.0 Å². The Balaban J connectivity index is 0.00000300. The Labute approximate surface area is 191 Å². The summed E-state index contributed by atoms with van der Waals surface area (Å²) < 4.78 is 0. The molecule has 2 amide bonds. The van der Waals surface area contributed by atoms with Gasteiger partial charge in [0.1, 0.15) is 0 Å². The Morgan fingerprint density at radius 1 is 1.07 bits per heavy atom. The van der Waals surface area contributed by atoms with Gasteiger partial charge in [-0.3, -0.25) is 19.5 Å². The van der Waals surface area contributed by atoms with Crippen LogP contribution in [0.15, 0.2) is 17.1 Å². The van der Waals surface area contributed by atoms with E-state index < -0.39 is 0 Å². The fourth-order valence-corrected chi connectivity index (χ4v) is 4.90. The number of carbonyl (C=O) groups is 2. The van der Waals surface area contributed by atoms with Gasteiger partial charge < -0.3 is 15.5 Å². The lowest BCUT2D eigenvalue weighted by molar-refractivity contribution is -0.140. The summed E-state index contributed by atoms with van der Waals surface area (Å²) in [6.45, 7) is 9.50. The van der Waals surface area contributed by atoms with E-state index in [4.69, 9.17) is 0 Å². The van der Waals surface area contributed by atoms with Crippen molar-refractivity contribution in [2.24, 2.45) is 28.7 Å². The van der Waals surface area contributed by atoms with E-state index in [2.05, 4.69) is 46.5 Å². The molecule has 7 nitrogen and oxygen atoms in total. The van der Waals surface area contributed by atoms with Gasteiger partial charge in [0, 0.05) is 26.7 Å². The number of likely N-dealkylation sites (tertiary alicyclic amines) is 1. The molecule has 0 aromatic heterocycles. The number of hydrogen-bond donors (Lipinski definition) is 2. The molecule has 2 fully saturated rings. The lowest BCUT2D eigenvalue weighted by atomic mass is 9.85. The minimum absolute atomic E-state index is 0. The maximum Gasteiger partial charge on any atom is 0.233 e. The minimum Gasteiger partial charge on any atom is -0.356 e. The number of allylic oxidation sites excluding steroid dienone is 2. The lowest BCUT2D eigenvalue weighted by Crippen LogP contribution is -2.44. The third-order valence-corrected chi connectivity index (χ3v) is 6.50. The molecule has 4 unspecified atom stereocenters. The number of aliphatic imine (C=N–C) groups is 1. The highest BCUT2D eigenvalue weighted by Crippen LogP contribution is 2.52. The van der Waals surface area contributed by atoms with Crippen molar-refractivity contribution in [1.29, 1.82) is 0 Å². The molecule has 164 valence electrons. The number of unbranched alkanes of at least 4 members (excludes halogenated alkanes) is 1. The zero-order valence-corrected chi connectivity index (χ0v) is 20.2. The molecule has 1 heterocycles. The predicted molar refractivity (Wildman–Crippen MR) is 126 cm³/mol. The molecule has 0 radical (unpaired) electrons. The van der Waals surface area contributed by atoms with Gasteiger partial charge in [0.15, 0.2) is 5.96 Å². The highest BCUT2D eigenvalue weighted by atomic mass is 127. The Morgan fingerprint density at radius 3 is 2.21 bits per heavy atom. The highest BCUT2D eigenvalue weighted by molar-refractivity contribution is 14.0. The van der Waals surface area contributed by atoms with Crippen molar-refractivity contribution in [3.63, 3.8) is 0 Å². The molecule has 1 saturated carbocycles. The van der Waals surface area contributed by atoms with Crippen molar-refractivity contribution >= 4 is 41.8 Å². The molecule has 2 aliphatic carbocycles. The van der Waals surface area contributed by atoms with Gasteiger partial charge in [-0.25, -0.2) is 0 Å². The summed E-state index contributed by atoms with van der Waals surface area (Å²) in [6, 6.07) is 0. The van der Waals surface area contributed by atoms with Crippen LogP contribution in [0.5, 0.6) is 0 Å². The molecule has 2 N–H and O–H groups in total. The molecule has 2 bridgehead atoms. The van der Waals surface area contributed by atoms with Gasteiger partial charge >= 0.3 is 0 Å². The van der Waals surface area contributed by atoms with Crippen LogP contribution in [0.2, 0.25) is 0 Å². The van der Waals surface area contributed by atoms with E-state index >= 15 is 0 Å². The van der Waals surface area contributed by atoms with Crippen molar-refractivity contribution in [3.8, 4) is 0 Å². The molecule has 1 saturated heterocycles. The average Bonchev–Trinajstić information content (AvgIpc) is 3.38. The van der Waals surface area contributed by atoms with Gasteiger partial charge in [-0.1, -0.05) is 26.0 Å². The van der Waals surface area contributed by atoms with Gasteiger partial charge in [0.2, 0.25) is 11.8 Å². The Bertz CT molecular complexity index is 605. The first-order chi connectivity index (χ1) is 13.6. The van der Waals surface area contributed by atoms with E-state index in [-0.39, 0.29) is 59.5 Å². The first-order valence-corrected chi connectivity index (χ1v) is 10.8. The number of nitrogens with zero attached hydrogens (tertiary/aromatic N) is 3. The number of carbonyl (C=O) groups excluding carboxylic acids is 2. The highest BCUT2D eigenvalue weighted by Gasteiger charge is 2.58. The maximum atomic E-state index is 12.7. The van der Waals surface area contributed by atoms with Crippen molar-refractivity contribution in [3.05, 3.63) is 12.2 Å². The summed E-state index contributed by atoms with van der Waals surface area (Å²) >= 11 is 0. The summed E-state index contributed by atoms with van der Waals surface area (Å²) in [5.41, 5.74) is 0. The first kappa shape index (κ1) is 24.1. The summed E-state index contributed by atoms with van der Waals surface area (Å²) in [7, 11) is 1.74. The van der Waals surface area contributed by atoms with Crippen LogP contribution in [0.1, 0.15) is 33.1 Å². The van der Waals surface area contributed by atoms with Crippen molar-refractivity contribution in [2.45, 2.75) is 33.1 Å². The normalized spacial score (nSPS) is 27.6. The largest absolute Gasteiger partial charge is 0.356 e. The Morgan fingerprint density at radius 2 is 1.66 bits per heavy atom. The second kappa shape index (κ2) is 11.3. The molecule has 3 aliphatic rings. The van der Waals surface area contributed by atoms with E-state index in [0.717, 1.165) is 51.4 Å². The maximum absolute atomic E-state index is 12.7. The molecule has 0 spiro atoms. The van der Waals surface area contributed by atoms with Crippen molar-refractivity contribution < 1.29 is 9.59 Å². The third kappa shape index (κ3) is 5.31. The molecule has 0 aromatic rings.